The van der Waals surface area contributed by atoms with Crippen molar-refractivity contribution in [1.29, 1.82) is 0 Å². The molecule has 0 heterocycles. The van der Waals surface area contributed by atoms with Crippen molar-refractivity contribution in [1.82, 2.24) is 0 Å². The number of rotatable bonds is 3. The molecule has 0 unspecified atom stereocenters. The highest BCUT2D eigenvalue weighted by molar-refractivity contribution is 8.14. The molecule has 1 aromatic carbocycles. The van der Waals surface area contributed by atoms with E-state index in [0.717, 1.165) is 17.2 Å². The standard InChI is InChI=1S/C14H18OS/c15-14(13-9-5-2-6-10-13)16-11-12-7-3-1-4-8-12/h2,5-6,9-10,12H,1,3-4,7-8,11H2. The Bertz CT molecular complexity index is 328. The van der Waals surface area contributed by atoms with Crippen LogP contribution in [0.25, 0.3) is 0 Å². The Morgan fingerprint density at radius 2 is 1.81 bits per heavy atom. The Kier molecular flexibility index (Phi) is 4.46. The Balaban J connectivity index is 1.79. The third-order valence-corrected chi connectivity index (χ3v) is 4.32. The van der Waals surface area contributed by atoms with Gasteiger partial charge in [0.1, 0.15) is 0 Å². The van der Waals surface area contributed by atoms with Crippen LogP contribution in [-0.4, -0.2) is 10.9 Å². The van der Waals surface area contributed by atoms with Crippen LogP contribution in [0.4, 0.5) is 0 Å². The lowest BCUT2D eigenvalue weighted by Crippen LogP contribution is -2.10. The zero-order valence-corrected chi connectivity index (χ0v) is 10.3. The summed E-state index contributed by atoms with van der Waals surface area (Å²) in [6.07, 6.45) is 6.72. The van der Waals surface area contributed by atoms with Gasteiger partial charge in [0, 0.05) is 11.3 Å². The fourth-order valence-electron chi connectivity index (χ4n) is 2.20. The van der Waals surface area contributed by atoms with E-state index in [-0.39, 0.29) is 5.12 Å². The van der Waals surface area contributed by atoms with E-state index in [1.807, 2.05) is 30.3 Å². The SMILES string of the molecule is O=C(SCC1CCCCC1)c1ccccc1. The van der Waals surface area contributed by atoms with Crippen molar-refractivity contribution in [2.75, 3.05) is 5.75 Å². The number of hydrogen-bond donors (Lipinski definition) is 0. The highest BCUT2D eigenvalue weighted by atomic mass is 32.2. The first-order valence-corrected chi connectivity index (χ1v) is 7.07. The highest BCUT2D eigenvalue weighted by Gasteiger charge is 2.15. The molecule has 0 aliphatic heterocycles. The number of hydrogen-bond acceptors (Lipinski definition) is 2. The third-order valence-electron chi connectivity index (χ3n) is 3.18. The molecule has 0 N–H and O–H groups in total. The van der Waals surface area contributed by atoms with Crippen LogP contribution in [0.1, 0.15) is 42.5 Å². The van der Waals surface area contributed by atoms with Crippen molar-refractivity contribution < 1.29 is 4.79 Å². The lowest BCUT2D eigenvalue weighted by Gasteiger charge is -2.20. The van der Waals surface area contributed by atoms with Gasteiger partial charge in [-0.15, -0.1) is 0 Å². The maximum absolute atomic E-state index is 11.9. The van der Waals surface area contributed by atoms with Crippen LogP contribution in [0.15, 0.2) is 30.3 Å². The van der Waals surface area contributed by atoms with Crippen molar-refractivity contribution in [3.8, 4) is 0 Å². The molecule has 0 bridgehead atoms. The fourth-order valence-corrected chi connectivity index (χ4v) is 3.23. The van der Waals surface area contributed by atoms with Crippen LogP contribution in [0.3, 0.4) is 0 Å². The summed E-state index contributed by atoms with van der Waals surface area (Å²) in [7, 11) is 0. The normalized spacial score (nSPS) is 17.2. The molecule has 1 saturated carbocycles. The molecule has 1 aromatic rings. The van der Waals surface area contributed by atoms with Gasteiger partial charge >= 0.3 is 0 Å². The second-order valence-corrected chi connectivity index (χ2v) is 5.46. The van der Waals surface area contributed by atoms with Gasteiger partial charge in [-0.2, -0.15) is 0 Å². The highest BCUT2D eigenvalue weighted by Crippen LogP contribution is 2.27. The van der Waals surface area contributed by atoms with Gasteiger partial charge in [-0.25, -0.2) is 0 Å². The van der Waals surface area contributed by atoms with Gasteiger partial charge < -0.3 is 0 Å². The van der Waals surface area contributed by atoms with E-state index in [1.165, 1.54) is 43.9 Å². The first-order valence-electron chi connectivity index (χ1n) is 6.08. The van der Waals surface area contributed by atoms with Gasteiger partial charge in [-0.3, -0.25) is 4.79 Å². The molecule has 16 heavy (non-hydrogen) atoms. The summed E-state index contributed by atoms with van der Waals surface area (Å²) in [5.41, 5.74) is 0.836. The van der Waals surface area contributed by atoms with Gasteiger partial charge in [0.05, 0.1) is 0 Å². The van der Waals surface area contributed by atoms with E-state index in [1.54, 1.807) is 0 Å². The fraction of sp³-hybridized carbons (Fsp3) is 0.500. The topological polar surface area (TPSA) is 17.1 Å². The smallest absolute Gasteiger partial charge is 0.219 e. The summed E-state index contributed by atoms with van der Waals surface area (Å²) >= 11 is 1.50. The first kappa shape index (κ1) is 11.7. The van der Waals surface area contributed by atoms with E-state index in [9.17, 15) is 4.79 Å². The van der Waals surface area contributed by atoms with Crippen LogP contribution < -0.4 is 0 Å². The molecular weight excluding hydrogens is 216 g/mol. The molecule has 1 nitrogen and oxygen atoms in total. The Hall–Kier alpha value is -0.760. The molecule has 0 atom stereocenters. The molecule has 86 valence electrons. The summed E-state index contributed by atoms with van der Waals surface area (Å²) < 4.78 is 0. The summed E-state index contributed by atoms with van der Waals surface area (Å²) in [4.78, 5) is 11.9. The van der Waals surface area contributed by atoms with Gasteiger partial charge in [0.2, 0.25) is 5.12 Å². The second-order valence-electron chi connectivity index (χ2n) is 4.47. The van der Waals surface area contributed by atoms with Crippen LogP contribution in [0.5, 0.6) is 0 Å². The summed E-state index contributed by atoms with van der Waals surface area (Å²) in [6.45, 7) is 0. The molecule has 1 aliphatic rings. The number of carbonyl (C=O) groups is 1. The number of benzene rings is 1. The van der Waals surface area contributed by atoms with E-state index < -0.39 is 0 Å². The first-order chi connectivity index (χ1) is 7.86. The zero-order valence-electron chi connectivity index (χ0n) is 9.52. The average Bonchev–Trinajstić information content (AvgIpc) is 2.38. The van der Waals surface area contributed by atoms with E-state index in [4.69, 9.17) is 0 Å². The van der Waals surface area contributed by atoms with Crippen molar-refractivity contribution in [2.45, 2.75) is 32.1 Å². The number of carbonyl (C=O) groups excluding carboxylic acids is 1. The minimum absolute atomic E-state index is 0.228. The molecule has 0 amide bonds. The maximum Gasteiger partial charge on any atom is 0.219 e. The summed E-state index contributed by atoms with van der Waals surface area (Å²) in [5.74, 6) is 1.78. The predicted octanol–water partition coefficient (Wildman–Crippen LogP) is 4.14. The van der Waals surface area contributed by atoms with Crippen molar-refractivity contribution in [2.24, 2.45) is 5.92 Å². The number of thioether (sulfide) groups is 1. The van der Waals surface area contributed by atoms with Gasteiger partial charge in [-0.1, -0.05) is 61.4 Å². The predicted molar refractivity (Wildman–Crippen MR) is 69.8 cm³/mol. The Labute approximate surface area is 102 Å². The summed E-state index contributed by atoms with van der Waals surface area (Å²) in [6, 6.07) is 9.60. The van der Waals surface area contributed by atoms with Crippen LogP contribution in [0, 0.1) is 5.92 Å². The monoisotopic (exact) mass is 234 g/mol. The molecule has 0 radical (unpaired) electrons. The molecule has 2 rings (SSSR count). The lowest BCUT2D eigenvalue weighted by molar-refractivity contribution is 0.108. The van der Waals surface area contributed by atoms with Crippen LogP contribution >= 0.6 is 11.8 Å². The minimum Gasteiger partial charge on any atom is -0.282 e. The van der Waals surface area contributed by atoms with Crippen molar-refractivity contribution in [3.63, 3.8) is 0 Å². The molecule has 0 saturated heterocycles. The zero-order chi connectivity index (χ0) is 11.2. The molecule has 1 fully saturated rings. The Morgan fingerprint density at radius 3 is 2.50 bits per heavy atom. The minimum atomic E-state index is 0.228. The Morgan fingerprint density at radius 1 is 1.12 bits per heavy atom. The largest absolute Gasteiger partial charge is 0.282 e. The molecule has 1 aliphatic carbocycles. The van der Waals surface area contributed by atoms with Crippen molar-refractivity contribution in [3.05, 3.63) is 35.9 Å². The molecule has 2 heteroatoms. The quantitative estimate of drug-likeness (QED) is 0.782. The van der Waals surface area contributed by atoms with E-state index in [2.05, 4.69) is 0 Å². The molecular formula is C14H18OS. The second kappa shape index (κ2) is 6.09. The summed E-state index contributed by atoms with van der Waals surface area (Å²) in [5, 5.41) is 0.228. The third kappa shape index (κ3) is 3.38. The molecule has 0 spiro atoms. The maximum atomic E-state index is 11.9. The lowest BCUT2D eigenvalue weighted by atomic mass is 9.91. The average molecular weight is 234 g/mol. The van der Waals surface area contributed by atoms with Gasteiger partial charge in [0.25, 0.3) is 0 Å². The van der Waals surface area contributed by atoms with Crippen molar-refractivity contribution >= 4 is 16.9 Å². The van der Waals surface area contributed by atoms with E-state index in [0.29, 0.717) is 0 Å². The van der Waals surface area contributed by atoms with Gasteiger partial charge in [-0.05, 0) is 18.8 Å². The molecule has 0 aromatic heterocycles. The van der Waals surface area contributed by atoms with Gasteiger partial charge in [0.15, 0.2) is 0 Å². The van der Waals surface area contributed by atoms with Crippen LogP contribution in [0.2, 0.25) is 0 Å². The van der Waals surface area contributed by atoms with Crippen LogP contribution in [-0.2, 0) is 0 Å². The van der Waals surface area contributed by atoms with E-state index >= 15 is 0 Å².